The highest BCUT2D eigenvalue weighted by Gasteiger charge is 2.66. The molecule has 4 rings (SSSR count). The van der Waals surface area contributed by atoms with Gasteiger partial charge in [0.15, 0.2) is 5.78 Å². The molecule has 3 nitrogen and oxygen atoms in total. The van der Waals surface area contributed by atoms with Gasteiger partial charge in [-0.05, 0) is 80.3 Å². The SMILES string of the molecule is C=C(C)[C@@]1(O)CC[C@H]2[C@H]3CCC4=CC(=O)CC[C@@]4(C)[C@@H]3[C@@H](O)C[C@@]21C. The molecule has 3 heteroatoms. The number of rotatable bonds is 1. The molecule has 0 heterocycles. The molecule has 0 amide bonds. The summed E-state index contributed by atoms with van der Waals surface area (Å²) in [6.45, 7) is 10.5. The number of hydrogen-bond donors (Lipinski definition) is 2. The minimum atomic E-state index is -0.858. The van der Waals surface area contributed by atoms with Crippen LogP contribution in [-0.4, -0.2) is 27.7 Å². The maximum atomic E-state index is 11.9. The van der Waals surface area contributed by atoms with Crippen LogP contribution in [0.2, 0.25) is 0 Å². The molecule has 138 valence electrons. The Kier molecular flexibility index (Phi) is 3.70. The normalized spacial score (nSPS) is 52.0. The minimum Gasteiger partial charge on any atom is -0.393 e. The Labute approximate surface area is 151 Å². The van der Waals surface area contributed by atoms with E-state index in [0.29, 0.717) is 24.7 Å². The van der Waals surface area contributed by atoms with Crippen LogP contribution in [0.1, 0.15) is 65.7 Å². The van der Waals surface area contributed by atoms with Crippen molar-refractivity contribution in [2.75, 3.05) is 0 Å². The maximum absolute atomic E-state index is 11.9. The van der Waals surface area contributed by atoms with Gasteiger partial charge in [-0.2, -0.15) is 0 Å². The van der Waals surface area contributed by atoms with Crippen molar-refractivity contribution in [3.05, 3.63) is 23.8 Å². The fourth-order valence-electron chi connectivity index (χ4n) is 7.39. The van der Waals surface area contributed by atoms with Crippen LogP contribution in [0.15, 0.2) is 23.8 Å². The molecule has 2 N–H and O–H groups in total. The molecular formula is C22H32O3. The first kappa shape index (κ1) is 17.5. The van der Waals surface area contributed by atoms with E-state index < -0.39 is 11.7 Å². The fourth-order valence-corrected chi connectivity index (χ4v) is 7.39. The second-order valence-electron chi connectivity index (χ2n) is 9.76. The Bertz CT molecular complexity index is 664. The molecule has 0 aromatic carbocycles. The van der Waals surface area contributed by atoms with Crippen molar-refractivity contribution in [1.82, 2.24) is 0 Å². The summed E-state index contributed by atoms with van der Waals surface area (Å²) in [4.78, 5) is 11.9. The Hall–Kier alpha value is -0.930. The van der Waals surface area contributed by atoms with E-state index in [0.717, 1.165) is 37.7 Å². The van der Waals surface area contributed by atoms with Crippen LogP contribution in [0.4, 0.5) is 0 Å². The molecule has 3 saturated carbocycles. The Morgan fingerprint density at radius 1 is 1.24 bits per heavy atom. The zero-order chi connectivity index (χ0) is 18.2. The molecule has 0 spiro atoms. The van der Waals surface area contributed by atoms with E-state index in [4.69, 9.17) is 0 Å². The first-order chi connectivity index (χ1) is 11.6. The van der Waals surface area contributed by atoms with Crippen LogP contribution >= 0.6 is 0 Å². The molecule has 0 bridgehead atoms. The lowest BCUT2D eigenvalue weighted by molar-refractivity contribution is -0.160. The molecule has 4 aliphatic rings. The van der Waals surface area contributed by atoms with E-state index >= 15 is 0 Å². The summed E-state index contributed by atoms with van der Waals surface area (Å²) in [7, 11) is 0. The molecule has 0 radical (unpaired) electrons. The number of allylic oxidation sites excluding steroid dienone is 1. The maximum Gasteiger partial charge on any atom is 0.155 e. The highest BCUT2D eigenvalue weighted by Crippen LogP contribution is 2.68. The molecule has 0 aliphatic heterocycles. The van der Waals surface area contributed by atoms with Crippen molar-refractivity contribution >= 4 is 5.78 Å². The summed E-state index contributed by atoms with van der Waals surface area (Å²) in [5, 5.41) is 22.6. The van der Waals surface area contributed by atoms with Gasteiger partial charge in [0, 0.05) is 11.8 Å². The number of hydrogen-bond acceptors (Lipinski definition) is 3. The van der Waals surface area contributed by atoms with Crippen molar-refractivity contribution in [3.8, 4) is 0 Å². The van der Waals surface area contributed by atoms with Gasteiger partial charge in [0.2, 0.25) is 0 Å². The van der Waals surface area contributed by atoms with Gasteiger partial charge in [0.1, 0.15) is 0 Å². The van der Waals surface area contributed by atoms with E-state index in [2.05, 4.69) is 20.4 Å². The predicted octanol–water partition coefficient (Wildman–Crippen LogP) is 3.80. The van der Waals surface area contributed by atoms with Gasteiger partial charge < -0.3 is 10.2 Å². The topological polar surface area (TPSA) is 57.5 Å². The molecule has 0 saturated heterocycles. The molecule has 25 heavy (non-hydrogen) atoms. The van der Waals surface area contributed by atoms with Crippen LogP contribution in [0.5, 0.6) is 0 Å². The van der Waals surface area contributed by atoms with Crippen LogP contribution in [-0.2, 0) is 4.79 Å². The van der Waals surface area contributed by atoms with Gasteiger partial charge in [-0.3, -0.25) is 4.79 Å². The lowest BCUT2D eigenvalue weighted by Gasteiger charge is -2.60. The van der Waals surface area contributed by atoms with Crippen LogP contribution in [0.3, 0.4) is 0 Å². The lowest BCUT2D eigenvalue weighted by Crippen LogP contribution is -2.60. The Balaban J connectivity index is 1.75. The molecule has 0 unspecified atom stereocenters. The van der Waals surface area contributed by atoms with Crippen molar-refractivity contribution in [1.29, 1.82) is 0 Å². The van der Waals surface area contributed by atoms with Gasteiger partial charge in [-0.25, -0.2) is 0 Å². The lowest BCUT2D eigenvalue weighted by atomic mass is 9.45. The summed E-state index contributed by atoms with van der Waals surface area (Å²) >= 11 is 0. The molecule has 7 atom stereocenters. The first-order valence-corrected chi connectivity index (χ1v) is 9.94. The van der Waals surface area contributed by atoms with Crippen molar-refractivity contribution in [2.24, 2.45) is 28.6 Å². The molecule has 3 fully saturated rings. The average Bonchev–Trinajstić information content (AvgIpc) is 2.80. The molecular weight excluding hydrogens is 312 g/mol. The third-order valence-electron chi connectivity index (χ3n) is 8.75. The highest BCUT2D eigenvalue weighted by atomic mass is 16.3. The van der Waals surface area contributed by atoms with Crippen LogP contribution < -0.4 is 0 Å². The second-order valence-corrected chi connectivity index (χ2v) is 9.76. The summed E-state index contributed by atoms with van der Waals surface area (Å²) in [5.41, 5.74) is 0.904. The number of carbonyl (C=O) groups excluding carboxylic acids is 1. The fraction of sp³-hybridized carbons (Fsp3) is 0.773. The van der Waals surface area contributed by atoms with E-state index in [1.165, 1.54) is 5.57 Å². The van der Waals surface area contributed by atoms with E-state index in [9.17, 15) is 15.0 Å². The zero-order valence-corrected chi connectivity index (χ0v) is 15.8. The van der Waals surface area contributed by atoms with E-state index in [-0.39, 0.29) is 22.5 Å². The smallest absolute Gasteiger partial charge is 0.155 e. The highest BCUT2D eigenvalue weighted by molar-refractivity contribution is 5.91. The van der Waals surface area contributed by atoms with Crippen molar-refractivity contribution in [3.63, 3.8) is 0 Å². The molecule has 4 aliphatic carbocycles. The summed E-state index contributed by atoms with van der Waals surface area (Å²) in [6, 6.07) is 0. The van der Waals surface area contributed by atoms with Crippen molar-refractivity contribution < 1.29 is 15.0 Å². The third kappa shape index (κ3) is 2.09. The Morgan fingerprint density at radius 3 is 2.64 bits per heavy atom. The van der Waals surface area contributed by atoms with Gasteiger partial charge in [0.05, 0.1) is 11.7 Å². The monoisotopic (exact) mass is 344 g/mol. The van der Waals surface area contributed by atoms with E-state index in [1.54, 1.807) is 0 Å². The predicted molar refractivity (Wildman–Crippen MR) is 97.9 cm³/mol. The van der Waals surface area contributed by atoms with Gasteiger partial charge >= 0.3 is 0 Å². The zero-order valence-electron chi connectivity index (χ0n) is 15.8. The number of fused-ring (bicyclic) bond motifs is 5. The standard InChI is InChI=1S/C22H32O3/c1-13(2)22(25)10-8-17-16-6-5-14-11-15(23)7-9-20(14,3)19(16)18(24)12-21(17,22)4/h11,16-19,24-25H,1,5-10,12H2,2-4H3/t16-,17+,18+,19+,20-,21+,22+/m1/s1. The summed E-state index contributed by atoms with van der Waals surface area (Å²) in [5.74, 6) is 1.32. The number of aliphatic hydroxyl groups excluding tert-OH is 1. The third-order valence-corrected chi connectivity index (χ3v) is 8.75. The number of carbonyl (C=O) groups is 1. The summed E-state index contributed by atoms with van der Waals surface area (Å²) < 4.78 is 0. The number of aliphatic hydroxyl groups is 2. The van der Waals surface area contributed by atoms with Crippen LogP contribution in [0.25, 0.3) is 0 Å². The molecule has 0 aromatic rings. The Morgan fingerprint density at radius 2 is 1.96 bits per heavy atom. The van der Waals surface area contributed by atoms with E-state index in [1.807, 2.05) is 13.0 Å². The van der Waals surface area contributed by atoms with Crippen LogP contribution in [0, 0.1) is 28.6 Å². The minimum absolute atomic E-state index is 0.0541. The molecule has 0 aromatic heterocycles. The van der Waals surface area contributed by atoms with Crippen molar-refractivity contribution in [2.45, 2.75) is 77.4 Å². The van der Waals surface area contributed by atoms with Gasteiger partial charge in [0.25, 0.3) is 0 Å². The quantitative estimate of drug-likeness (QED) is 0.712. The van der Waals surface area contributed by atoms with Gasteiger partial charge in [-0.1, -0.05) is 26.0 Å². The second kappa shape index (κ2) is 5.29. The first-order valence-electron chi connectivity index (χ1n) is 9.94. The average molecular weight is 344 g/mol. The van der Waals surface area contributed by atoms with Gasteiger partial charge in [-0.15, -0.1) is 0 Å². The largest absolute Gasteiger partial charge is 0.393 e. The number of ketones is 1. The summed E-state index contributed by atoms with van der Waals surface area (Å²) in [6.07, 6.45) is 7.34.